The number of halogens is 1. The third-order valence-electron chi connectivity index (χ3n) is 3.37. The van der Waals surface area contributed by atoms with E-state index < -0.39 is 0 Å². The van der Waals surface area contributed by atoms with E-state index in [-0.39, 0.29) is 5.91 Å². The maximum Gasteiger partial charge on any atom is 0.271 e. The molecule has 24 heavy (non-hydrogen) atoms. The van der Waals surface area contributed by atoms with Crippen molar-refractivity contribution < 1.29 is 19.0 Å². The summed E-state index contributed by atoms with van der Waals surface area (Å²) >= 11 is 5.95. The molecule has 0 bridgehead atoms. The molecule has 2 aromatic rings. The first-order valence-electron chi connectivity index (χ1n) is 7.24. The Morgan fingerprint density at radius 1 is 1.21 bits per heavy atom. The van der Waals surface area contributed by atoms with Gasteiger partial charge in [0.15, 0.2) is 11.5 Å². The first kappa shape index (κ1) is 16.1. The summed E-state index contributed by atoms with van der Waals surface area (Å²) in [6, 6.07) is 10.1. The number of methoxy groups -OCH3 is 1. The third kappa shape index (κ3) is 3.60. The van der Waals surface area contributed by atoms with Gasteiger partial charge in [-0.15, -0.1) is 0 Å². The van der Waals surface area contributed by atoms with E-state index in [1.165, 1.54) is 6.21 Å². The van der Waals surface area contributed by atoms with Crippen molar-refractivity contribution in [2.45, 2.75) is 0 Å². The molecule has 0 atom stereocenters. The van der Waals surface area contributed by atoms with Gasteiger partial charge in [-0.05, 0) is 36.4 Å². The van der Waals surface area contributed by atoms with E-state index in [1.54, 1.807) is 43.5 Å². The number of ether oxygens (including phenoxy) is 3. The fraction of sp³-hybridized carbons (Fsp3) is 0.176. The van der Waals surface area contributed by atoms with Gasteiger partial charge >= 0.3 is 0 Å². The molecule has 2 aromatic carbocycles. The number of amides is 1. The summed E-state index contributed by atoms with van der Waals surface area (Å²) < 4.78 is 16.1. The van der Waals surface area contributed by atoms with E-state index in [0.29, 0.717) is 46.6 Å². The first-order chi connectivity index (χ1) is 11.7. The molecule has 0 spiro atoms. The number of fused-ring (bicyclic) bond motifs is 1. The number of benzene rings is 2. The van der Waals surface area contributed by atoms with E-state index in [0.717, 1.165) is 0 Å². The monoisotopic (exact) mass is 346 g/mol. The van der Waals surface area contributed by atoms with Crippen LogP contribution in [0.25, 0.3) is 0 Å². The minimum Gasteiger partial charge on any atom is -0.496 e. The Labute approximate surface area is 144 Å². The lowest BCUT2D eigenvalue weighted by atomic mass is 10.2. The SMILES string of the molecule is COc1ccc(Cl)cc1/C=N\NC(=O)c1ccc2c(c1)OCCO2. The number of nitrogens with one attached hydrogen (secondary N) is 1. The van der Waals surface area contributed by atoms with Crippen molar-refractivity contribution >= 4 is 23.7 Å². The quantitative estimate of drug-likeness (QED) is 0.682. The van der Waals surface area contributed by atoms with Crippen molar-refractivity contribution in [3.8, 4) is 17.2 Å². The molecule has 6 nitrogen and oxygen atoms in total. The maximum absolute atomic E-state index is 12.2. The Morgan fingerprint density at radius 3 is 2.79 bits per heavy atom. The molecule has 1 N–H and O–H groups in total. The number of nitrogens with zero attached hydrogens (tertiary/aromatic N) is 1. The second-order valence-electron chi connectivity index (χ2n) is 4.94. The van der Waals surface area contributed by atoms with Crippen LogP contribution in [-0.2, 0) is 0 Å². The Balaban J connectivity index is 1.70. The molecule has 0 aromatic heterocycles. The molecule has 0 saturated heterocycles. The van der Waals surface area contributed by atoms with Crippen molar-refractivity contribution in [1.82, 2.24) is 5.43 Å². The Bertz CT molecular complexity index is 792. The summed E-state index contributed by atoms with van der Waals surface area (Å²) in [5.74, 6) is 1.43. The zero-order chi connectivity index (χ0) is 16.9. The highest BCUT2D eigenvalue weighted by atomic mass is 35.5. The average molecular weight is 347 g/mol. The molecule has 1 aliphatic heterocycles. The van der Waals surface area contributed by atoms with E-state index >= 15 is 0 Å². The summed E-state index contributed by atoms with van der Waals surface area (Å²) in [5.41, 5.74) is 3.55. The molecule has 0 unspecified atom stereocenters. The molecular weight excluding hydrogens is 332 g/mol. The highest BCUT2D eigenvalue weighted by molar-refractivity contribution is 6.30. The van der Waals surface area contributed by atoms with E-state index in [1.807, 2.05) is 0 Å². The van der Waals surface area contributed by atoms with Crippen LogP contribution in [0.5, 0.6) is 17.2 Å². The molecule has 3 rings (SSSR count). The van der Waals surface area contributed by atoms with Gasteiger partial charge in [0.1, 0.15) is 19.0 Å². The molecule has 0 radical (unpaired) electrons. The number of hydrogen-bond donors (Lipinski definition) is 1. The van der Waals surface area contributed by atoms with Crippen LogP contribution in [0.4, 0.5) is 0 Å². The summed E-state index contributed by atoms with van der Waals surface area (Å²) in [7, 11) is 1.55. The largest absolute Gasteiger partial charge is 0.496 e. The molecule has 0 saturated carbocycles. The normalized spacial score (nSPS) is 12.9. The highest BCUT2D eigenvalue weighted by Crippen LogP contribution is 2.30. The lowest BCUT2D eigenvalue weighted by Crippen LogP contribution is -2.19. The molecular formula is C17H15ClN2O4. The molecule has 1 aliphatic rings. The third-order valence-corrected chi connectivity index (χ3v) is 3.60. The van der Waals surface area contributed by atoms with Crippen LogP contribution in [0, 0.1) is 0 Å². The number of rotatable bonds is 4. The van der Waals surface area contributed by atoms with Gasteiger partial charge in [-0.3, -0.25) is 4.79 Å². The second-order valence-corrected chi connectivity index (χ2v) is 5.38. The smallest absolute Gasteiger partial charge is 0.271 e. The predicted molar refractivity (Wildman–Crippen MR) is 90.5 cm³/mol. The topological polar surface area (TPSA) is 69.2 Å². The summed E-state index contributed by atoms with van der Waals surface area (Å²) in [6.45, 7) is 0.967. The molecule has 1 amide bonds. The van der Waals surface area contributed by atoms with Gasteiger partial charge in [0, 0.05) is 16.1 Å². The highest BCUT2D eigenvalue weighted by Gasteiger charge is 2.14. The fourth-order valence-electron chi connectivity index (χ4n) is 2.22. The maximum atomic E-state index is 12.2. The lowest BCUT2D eigenvalue weighted by Gasteiger charge is -2.18. The Kier molecular flexibility index (Phi) is 4.86. The van der Waals surface area contributed by atoms with Gasteiger partial charge in [0.25, 0.3) is 5.91 Å². The van der Waals surface area contributed by atoms with Crippen LogP contribution in [0.15, 0.2) is 41.5 Å². The predicted octanol–water partition coefficient (Wildman–Crippen LogP) is 2.88. The van der Waals surface area contributed by atoms with Gasteiger partial charge in [0.05, 0.1) is 13.3 Å². The van der Waals surface area contributed by atoms with Crippen LogP contribution in [0.1, 0.15) is 15.9 Å². The molecule has 1 heterocycles. The number of hydrazone groups is 1. The minimum absolute atomic E-state index is 0.357. The second kappa shape index (κ2) is 7.23. The molecule has 0 aliphatic carbocycles. The summed E-state index contributed by atoms with van der Waals surface area (Å²) in [6.07, 6.45) is 1.47. The molecule has 124 valence electrons. The van der Waals surface area contributed by atoms with Crippen molar-refractivity contribution in [2.75, 3.05) is 20.3 Å². The Hall–Kier alpha value is -2.73. The van der Waals surface area contributed by atoms with E-state index in [4.69, 9.17) is 25.8 Å². The van der Waals surface area contributed by atoms with E-state index in [2.05, 4.69) is 10.5 Å². The van der Waals surface area contributed by atoms with Crippen molar-refractivity contribution in [3.05, 3.63) is 52.5 Å². The van der Waals surface area contributed by atoms with Crippen molar-refractivity contribution in [1.29, 1.82) is 0 Å². The van der Waals surface area contributed by atoms with Crippen LogP contribution in [0.2, 0.25) is 5.02 Å². The number of hydrogen-bond acceptors (Lipinski definition) is 5. The van der Waals surface area contributed by atoms with Gasteiger partial charge < -0.3 is 14.2 Å². The van der Waals surface area contributed by atoms with Crippen molar-refractivity contribution in [3.63, 3.8) is 0 Å². The van der Waals surface area contributed by atoms with Crippen LogP contribution in [0.3, 0.4) is 0 Å². The van der Waals surface area contributed by atoms with Gasteiger partial charge in [0.2, 0.25) is 0 Å². The Morgan fingerprint density at radius 2 is 2.00 bits per heavy atom. The fourth-order valence-corrected chi connectivity index (χ4v) is 2.40. The van der Waals surface area contributed by atoms with Crippen LogP contribution in [-0.4, -0.2) is 32.4 Å². The average Bonchev–Trinajstić information content (AvgIpc) is 2.61. The summed E-state index contributed by atoms with van der Waals surface area (Å²) in [4.78, 5) is 12.2. The van der Waals surface area contributed by atoms with Gasteiger partial charge in [-0.1, -0.05) is 11.6 Å². The van der Waals surface area contributed by atoms with Crippen LogP contribution >= 0.6 is 11.6 Å². The van der Waals surface area contributed by atoms with E-state index in [9.17, 15) is 4.79 Å². The van der Waals surface area contributed by atoms with Gasteiger partial charge in [-0.25, -0.2) is 5.43 Å². The number of carbonyl (C=O) groups is 1. The zero-order valence-electron chi connectivity index (χ0n) is 12.9. The van der Waals surface area contributed by atoms with Crippen molar-refractivity contribution in [2.24, 2.45) is 5.10 Å². The summed E-state index contributed by atoms with van der Waals surface area (Å²) in [5, 5.41) is 4.50. The molecule has 7 heteroatoms. The first-order valence-corrected chi connectivity index (χ1v) is 7.62. The minimum atomic E-state index is -0.357. The van der Waals surface area contributed by atoms with Crippen LogP contribution < -0.4 is 19.6 Å². The lowest BCUT2D eigenvalue weighted by molar-refractivity contribution is 0.0954. The number of carbonyl (C=O) groups excluding carboxylic acids is 1. The molecule has 0 fully saturated rings. The van der Waals surface area contributed by atoms with Gasteiger partial charge in [-0.2, -0.15) is 5.10 Å². The standard InChI is InChI=1S/C17H15ClN2O4/c1-22-14-5-3-13(18)8-12(14)10-19-20-17(21)11-2-4-15-16(9-11)24-7-6-23-15/h2-5,8-10H,6-7H2,1H3,(H,20,21)/b19-10-. The zero-order valence-corrected chi connectivity index (χ0v) is 13.7.